The lowest BCUT2D eigenvalue weighted by molar-refractivity contribution is -0.870. The molecule has 11 nitrogen and oxygen atoms in total. The standard InChI is InChI=1S/C50H82NO10P/c1-8-10-12-13-22-28-33-45(52)34-29-23-18-16-14-15-17-19-25-31-37-49(53)57-41-46(42-59-62(55,56)58-40-39-51(5,6)7)60-50(54)38-32-26-21-20-24-30-36-48-44(4)43(3)47(61-48)35-27-11-9-2/h10,12,14-15,18-19,22-23,25,28-29,34,45-46,52H,8-9,11,13,16-17,20-21,24,26-27,30-33,35-42H2,1-7H3/p+1/b12-10-,15-14-,23-18-,25-19-,28-22-,34-29+/t45?,46-/m1/s1. The first kappa shape index (κ1) is 56.7. The number of unbranched alkanes of at least 4 members (excludes halogenated alkanes) is 7. The van der Waals surface area contributed by atoms with Crippen molar-refractivity contribution < 1.29 is 51.6 Å². The number of aryl methyl sites for hydroxylation is 2. The molecule has 0 fully saturated rings. The Kier molecular flexibility index (Phi) is 32.1. The Balaban J connectivity index is 2.45. The zero-order chi connectivity index (χ0) is 45.9. The fourth-order valence-corrected chi connectivity index (χ4v) is 6.87. The molecule has 12 heteroatoms. The van der Waals surface area contributed by atoms with Gasteiger partial charge >= 0.3 is 19.8 Å². The maximum absolute atomic E-state index is 12.8. The maximum Gasteiger partial charge on any atom is 0.472 e. The van der Waals surface area contributed by atoms with Crippen LogP contribution in [-0.4, -0.2) is 86.1 Å². The van der Waals surface area contributed by atoms with E-state index in [0.29, 0.717) is 30.3 Å². The van der Waals surface area contributed by atoms with Crippen LogP contribution in [0.4, 0.5) is 0 Å². The molecule has 0 spiro atoms. The molecule has 352 valence electrons. The van der Waals surface area contributed by atoms with E-state index in [1.165, 1.54) is 30.4 Å². The van der Waals surface area contributed by atoms with Crippen molar-refractivity contribution >= 4 is 19.8 Å². The first-order chi connectivity index (χ1) is 29.7. The number of phosphoric ester groups is 1. The fraction of sp³-hybridized carbons (Fsp3) is 0.640. The third-order valence-corrected chi connectivity index (χ3v) is 11.0. The number of furan rings is 1. The Bertz CT molecular complexity index is 1580. The number of ether oxygens (including phenoxy) is 2. The van der Waals surface area contributed by atoms with E-state index in [0.717, 1.165) is 82.1 Å². The molecule has 1 heterocycles. The van der Waals surface area contributed by atoms with Crippen LogP contribution in [-0.2, 0) is 45.5 Å². The number of phosphoric acid groups is 1. The van der Waals surface area contributed by atoms with E-state index < -0.39 is 38.6 Å². The smallest absolute Gasteiger partial charge is 0.466 e. The van der Waals surface area contributed by atoms with Gasteiger partial charge in [0.15, 0.2) is 6.10 Å². The summed E-state index contributed by atoms with van der Waals surface area (Å²) in [4.78, 5) is 35.5. The third kappa shape index (κ3) is 31.5. The van der Waals surface area contributed by atoms with Gasteiger partial charge in [0.25, 0.3) is 0 Å². The molecule has 2 N–H and O–H groups in total. The molecule has 0 aromatic carbocycles. The predicted octanol–water partition coefficient (Wildman–Crippen LogP) is 11.6. The van der Waals surface area contributed by atoms with Gasteiger partial charge in [0, 0.05) is 25.7 Å². The number of esters is 2. The van der Waals surface area contributed by atoms with Crippen LogP contribution < -0.4 is 0 Å². The number of likely N-dealkylation sites (N-methyl/N-ethyl adjacent to an activating group) is 1. The van der Waals surface area contributed by atoms with E-state index in [1.54, 1.807) is 6.08 Å². The summed E-state index contributed by atoms with van der Waals surface area (Å²) >= 11 is 0. The fourth-order valence-electron chi connectivity index (χ4n) is 6.12. The summed E-state index contributed by atoms with van der Waals surface area (Å²) in [5.74, 6) is 1.29. The lowest BCUT2D eigenvalue weighted by atomic mass is 10.0. The highest BCUT2D eigenvalue weighted by atomic mass is 31.2. The van der Waals surface area contributed by atoms with Crippen molar-refractivity contribution in [3.8, 4) is 0 Å². The topological polar surface area (TPSA) is 142 Å². The number of nitrogens with zero attached hydrogens (tertiary/aromatic N) is 1. The number of aliphatic hydroxyl groups is 1. The molecule has 0 amide bonds. The highest BCUT2D eigenvalue weighted by molar-refractivity contribution is 7.47. The first-order valence-electron chi connectivity index (χ1n) is 23.1. The van der Waals surface area contributed by atoms with Gasteiger partial charge in [-0.3, -0.25) is 18.6 Å². The summed E-state index contributed by atoms with van der Waals surface area (Å²) in [7, 11) is 1.37. The van der Waals surface area contributed by atoms with Crippen LogP contribution in [0.3, 0.4) is 0 Å². The summed E-state index contributed by atoms with van der Waals surface area (Å²) in [6.45, 7) is 8.36. The van der Waals surface area contributed by atoms with Crippen molar-refractivity contribution in [3.05, 3.63) is 95.6 Å². The van der Waals surface area contributed by atoms with Crippen LogP contribution in [0, 0.1) is 13.8 Å². The average Bonchev–Trinajstić information content (AvgIpc) is 3.48. The number of rotatable bonds is 37. The van der Waals surface area contributed by atoms with Crippen molar-refractivity contribution in [2.24, 2.45) is 0 Å². The Morgan fingerprint density at radius 1 is 0.710 bits per heavy atom. The second kappa shape index (κ2) is 35.1. The van der Waals surface area contributed by atoms with Crippen LogP contribution in [0.1, 0.15) is 146 Å². The molecule has 0 aliphatic heterocycles. The molecule has 0 radical (unpaired) electrons. The van der Waals surface area contributed by atoms with Gasteiger partial charge in [0.1, 0.15) is 31.3 Å². The maximum atomic E-state index is 12.8. The Hall–Kier alpha value is -3.31. The molecule has 2 unspecified atom stereocenters. The number of hydrogen-bond donors (Lipinski definition) is 2. The molecular formula is C50H83NO10P+. The monoisotopic (exact) mass is 889 g/mol. The lowest BCUT2D eigenvalue weighted by Gasteiger charge is -2.24. The van der Waals surface area contributed by atoms with E-state index in [4.69, 9.17) is 22.9 Å². The summed E-state index contributed by atoms with van der Waals surface area (Å²) in [5.41, 5.74) is 2.58. The first-order valence-corrected chi connectivity index (χ1v) is 24.6. The molecule has 1 rings (SSSR count). The Morgan fingerprint density at radius 3 is 1.97 bits per heavy atom. The molecule has 3 atom stereocenters. The molecule has 0 aliphatic carbocycles. The number of hydrogen-bond acceptors (Lipinski definition) is 9. The van der Waals surface area contributed by atoms with Crippen LogP contribution in [0.5, 0.6) is 0 Å². The minimum absolute atomic E-state index is 0.000907. The van der Waals surface area contributed by atoms with Crippen molar-refractivity contribution in [3.63, 3.8) is 0 Å². The summed E-state index contributed by atoms with van der Waals surface area (Å²) in [6, 6.07) is 0. The summed E-state index contributed by atoms with van der Waals surface area (Å²) in [6.07, 6.45) is 38.3. The molecule has 1 aromatic rings. The Labute approximate surface area is 375 Å². The zero-order valence-corrected chi connectivity index (χ0v) is 40.3. The molecule has 1 aromatic heterocycles. The average molecular weight is 889 g/mol. The number of carbonyl (C=O) groups is 2. The largest absolute Gasteiger partial charge is 0.472 e. The van der Waals surface area contributed by atoms with E-state index in [2.05, 4.69) is 45.9 Å². The van der Waals surface area contributed by atoms with Gasteiger partial charge in [0.2, 0.25) is 0 Å². The van der Waals surface area contributed by atoms with E-state index in [-0.39, 0.29) is 26.1 Å². The molecule has 0 saturated carbocycles. The van der Waals surface area contributed by atoms with Gasteiger partial charge < -0.3 is 28.4 Å². The second-order valence-corrected chi connectivity index (χ2v) is 18.3. The summed E-state index contributed by atoms with van der Waals surface area (Å²) in [5, 5.41) is 10.0. The summed E-state index contributed by atoms with van der Waals surface area (Å²) < 4.78 is 40.5. The van der Waals surface area contributed by atoms with Gasteiger partial charge in [-0.05, 0) is 82.8 Å². The minimum Gasteiger partial charge on any atom is -0.466 e. The number of allylic oxidation sites excluding steroid dienone is 10. The highest BCUT2D eigenvalue weighted by Crippen LogP contribution is 2.43. The van der Waals surface area contributed by atoms with Crippen molar-refractivity contribution in [1.29, 1.82) is 0 Å². The third-order valence-electron chi connectivity index (χ3n) is 10.0. The SMILES string of the molecule is CC/C=C\C/C=C\CC(O)/C=C/C=C\C/C=C\C/C=C\CCC(=O)OC[C@H](COP(=O)(O)OCC[N+](C)(C)C)OC(=O)CCCCCCCCc1oc(CCCCC)c(C)c1C. The zero-order valence-electron chi connectivity index (χ0n) is 39.4. The van der Waals surface area contributed by atoms with Gasteiger partial charge in [0.05, 0.1) is 33.9 Å². The van der Waals surface area contributed by atoms with Gasteiger partial charge in [-0.15, -0.1) is 0 Å². The van der Waals surface area contributed by atoms with E-state index in [1.807, 2.05) is 69.8 Å². The van der Waals surface area contributed by atoms with Crippen molar-refractivity contribution in [2.75, 3.05) is 47.5 Å². The number of quaternary nitrogens is 1. The highest BCUT2D eigenvalue weighted by Gasteiger charge is 2.27. The quantitative estimate of drug-likeness (QED) is 0.0166. The molecule has 0 saturated heterocycles. The minimum atomic E-state index is -4.43. The second-order valence-electron chi connectivity index (χ2n) is 16.8. The molecule has 0 aliphatic rings. The van der Waals surface area contributed by atoms with Crippen LogP contribution in [0.15, 0.2) is 77.3 Å². The number of carbonyl (C=O) groups excluding carboxylic acids is 2. The lowest BCUT2D eigenvalue weighted by Crippen LogP contribution is -2.37. The van der Waals surface area contributed by atoms with Crippen molar-refractivity contribution in [1.82, 2.24) is 0 Å². The van der Waals surface area contributed by atoms with Crippen LogP contribution >= 0.6 is 7.82 Å². The van der Waals surface area contributed by atoms with Gasteiger partial charge in [-0.2, -0.15) is 0 Å². The van der Waals surface area contributed by atoms with Crippen molar-refractivity contribution in [2.45, 2.75) is 162 Å². The number of aliphatic hydroxyl groups excluding tert-OH is 1. The predicted molar refractivity (Wildman–Crippen MR) is 252 cm³/mol. The molecule has 62 heavy (non-hydrogen) atoms. The molecule has 0 bridgehead atoms. The van der Waals surface area contributed by atoms with Gasteiger partial charge in [-0.1, -0.05) is 125 Å². The normalized spacial score (nSPS) is 14.7. The molecular weight excluding hydrogens is 806 g/mol. The van der Waals surface area contributed by atoms with Crippen LogP contribution in [0.2, 0.25) is 0 Å². The van der Waals surface area contributed by atoms with E-state index >= 15 is 0 Å². The van der Waals surface area contributed by atoms with Gasteiger partial charge in [-0.25, -0.2) is 4.57 Å². The van der Waals surface area contributed by atoms with E-state index in [9.17, 15) is 24.2 Å². The van der Waals surface area contributed by atoms with Crippen LogP contribution in [0.25, 0.3) is 0 Å². The Morgan fingerprint density at radius 2 is 1.31 bits per heavy atom.